The van der Waals surface area contributed by atoms with Gasteiger partial charge in [0, 0.05) is 12.9 Å². The molecule has 0 saturated carbocycles. The second-order valence-electron chi connectivity index (χ2n) is 3.61. The zero-order chi connectivity index (χ0) is 13.2. The second kappa shape index (κ2) is 4.97. The van der Waals surface area contributed by atoms with Crippen LogP contribution in [-0.4, -0.2) is 31.5 Å². The van der Waals surface area contributed by atoms with Crippen LogP contribution in [0.25, 0.3) is 0 Å². The molecule has 0 atom stereocenters. The summed E-state index contributed by atoms with van der Waals surface area (Å²) in [6.07, 6.45) is 0.923. The number of hydrogen-bond donors (Lipinski definition) is 2. The first kappa shape index (κ1) is 13.9. The lowest BCUT2D eigenvalue weighted by molar-refractivity contribution is 0.287. The normalized spacial score (nSPS) is 11.8. The molecule has 1 rings (SSSR count). The van der Waals surface area contributed by atoms with E-state index in [4.69, 9.17) is 5.11 Å². The molecule has 1 aromatic carbocycles. The summed E-state index contributed by atoms with van der Waals surface area (Å²) in [6, 6.07) is 0.768. The standard InChI is InChI=1S/C10H12F2O4S/c1-17(15,16)10-7(11)5-6(3-2-4-13)9(14)8(10)12/h5,13-14H,2-4H2,1H3. The van der Waals surface area contributed by atoms with Crippen LogP contribution in [0.3, 0.4) is 0 Å². The molecule has 0 aliphatic heterocycles. The quantitative estimate of drug-likeness (QED) is 0.852. The maximum atomic E-state index is 13.5. The van der Waals surface area contributed by atoms with Crippen molar-refractivity contribution in [3.63, 3.8) is 0 Å². The summed E-state index contributed by atoms with van der Waals surface area (Å²) < 4.78 is 49.2. The molecule has 0 aliphatic rings. The van der Waals surface area contributed by atoms with Crippen molar-refractivity contribution in [2.75, 3.05) is 12.9 Å². The highest BCUT2D eigenvalue weighted by molar-refractivity contribution is 7.90. The molecule has 0 bridgehead atoms. The second-order valence-corrected chi connectivity index (χ2v) is 5.56. The lowest BCUT2D eigenvalue weighted by Crippen LogP contribution is -2.06. The predicted octanol–water partition coefficient (Wildman–Crippen LogP) is 0.999. The average Bonchev–Trinajstić information content (AvgIpc) is 2.19. The molecule has 0 radical (unpaired) electrons. The van der Waals surface area contributed by atoms with Crippen molar-refractivity contribution in [3.8, 4) is 5.75 Å². The summed E-state index contributed by atoms with van der Waals surface area (Å²) in [7, 11) is -4.08. The predicted molar refractivity (Wildman–Crippen MR) is 56.5 cm³/mol. The van der Waals surface area contributed by atoms with Gasteiger partial charge < -0.3 is 10.2 Å². The van der Waals surface area contributed by atoms with Crippen molar-refractivity contribution < 1.29 is 27.4 Å². The Hall–Kier alpha value is -1.21. The van der Waals surface area contributed by atoms with E-state index in [1.807, 2.05) is 0 Å². The Kier molecular flexibility index (Phi) is 4.05. The molecule has 0 aromatic heterocycles. The van der Waals surface area contributed by atoms with Crippen LogP contribution >= 0.6 is 0 Å². The zero-order valence-corrected chi connectivity index (χ0v) is 9.89. The minimum Gasteiger partial charge on any atom is -0.505 e. The highest BCUT2D eigenvalue weighted by Gasteiger charge is 2.24. The van der Waals surface area contributed by atoms with E-state index in [0.29, 0.717) is 6.26 Å². The molecule has 17 heavy (non-hydrogen) atoms. The van der Waals surface area contributed by atoms with Gasteiger partial charge in [-0.15, -0.1) is 0 Å². The van der Waals surface area contributed by atoms with Crippen LogP contribution in [0.4, 0.5) is 8.78 Å². The van der Waals surface area contributed by atoms with Gasteiger partial charge in [-0.05, 0) is 24.5 Å². The number of aryl methyl sites for hydroxylation is 1. The number of aliphatic hydroxyl groups excluding tert-OH is 1. The molecule has 0 spiro atoms. The Bertz CT molecular complexity index is 526. The molecule has 96 valence electrons. The Morgan fingerprint density at radius 2 is 1.94 bits per heavy atom. The number of rotatable bonds is 4. The Morgan fingerprint density at radius 3 is 2.41 bits per heavy atom. The lowest BCUT2D eigenvalue weighted by Gasteiger charge is -2.09. The Labute approximate surface area is 97.4 Å². The fourth-order valence-corrected chi connectivity index (χ4v) is 2.28. The molecule has 0 fully saturated rings. The van der Waals surface area contributed by atoms with Crippen molar-refractivity contribution in [2.45, 2.75) is 17.7 Å². The molecule has 0 saturated heterocycles. The van der Waals surface area contributed by atoms with Crippen molar-refractivity contribution in [3.05, 3.63) is 23.3 Å². The van der Waals surface area contributed by atoms with Crippen LogP contribution in [0.1, 0.15) is 12.0 Å². The number of sulfone groups is 1. The van der Waals surface area contributed by atoms with Crippen LogP contribution < -0.4 is 0 Å². The zero-order valence-electron chi connectivity index (χ0n) is 9.07. The van der Waals surface area contributed by atoms with Gasteiger partial charge in [0.15, 0.2) is 21.4 Å². The van der Waals surface area contributed by atoms with E-state index in [2.05, 4.69) is 0 Å². The minimum atomic E-state index is -4.08. The fraction of sp³-hybridized carbons (Fsp3) is 0.400. The average molecular weight is 266 g/mol. The van der Waals surface area contributed by atoms with E-state index in [9.17, 15) is 22.3 Å². The monoisotopic (exact) mass is 266 g/mol. The summed E-state index contributed by atoms with van der Waals surface area (Å²) >= 11 is 0. The SMILES string of the molecule is CS(=O)(=O)c1c(F)cc(CCCO)c(O)c1F. The molecule has 4 nitrogen and oxygen atoms in total. The summed E-state index contributed by atoms with van der Waals surface area (Å²) in [5, 5.41) is 18.0. The van der Waals surface area contributed by atoms with Crippen molar-refractivity contribution in [1.82, 2.24) is 0 Å². The fourth-order valence-electron chi connectivity index (χ4n) is 1.44. The van der Waals surface area contributed by atoms with Crippen LogP contribution in [0.5, 0.6) is 5.75 Å². The van der Waals surface area contributed by atoms with E-state index < -0.39 is 32.1 Å². The number of phenolic OH excluding ortho intramolecular Hbond substituents is 1. The van der Waals surface area contributed by atoms with E-state index in [0.717, 1.165) is 6.07 Å². The third-order valence-corrected chi connectivity index (χ3v) is 3.32. The largest absolute Gasteiger partial charge is 0.505 e. The summed E-state index contributed by atoms with van der Waals surface area (Å²) in [6.45, 7) is -0.198. The van der Waals surface area contributed by atoms with Gasteiger partial charge in [-0.3, -0.25) is 0 Å². The van der Waals surface area contributed by atoms with Gasteiger partial charge in [0.05, 0.1) is 0 Å². The first-order valence-electron chi connectivity index (χ1n) is 4.79. The molecule has 0 amide bonds. The smallest absolute Gasteiger partial charge is 0.186 e. The van der Waals surface area contributed by atoms with Crippen LogP contribution in [0.15, 0.2) is 11.0 Å². The number of halogens is 2. The van der Waals surface area contributed by atoms with E-state index in [1.165, 1.54) is 0 Å². The molecule has 0 unspecified atom stereocenters. The number of aliphatic hydroxyl groups is 1. The van der Waals surface area contributed by atoms with Gasteiger partial charge >= 0.3 is 0 Å². The van der Waals surface area contributed by atoms with E-state index >= 15 is 0 Å². The number of aromatic hydroxyl groups is 1. The Balaban J connectivity index is 3.37. The Morgan fingerprint density at radius 1 is 1.35 bits per heavy atom. The molecule has 0 heterocycles. The van der Waals surface area contributed by atoms with Crippen LogP contribution in [0, 0.1) is 11.6 Å². The van der Waals surface area contributed by atoms with Gasteiger partial charge in [0.25, 0.3) is 0 Å². The number of phenols is 1. The first-order valence-corrected chi connectivity index (χ1v) is 6.69. The topological polar surface area (TPSA) is 74.6 Å². The summed E-state index contributed by atoms with van der Waals surface area (Å²) in [4.78, 5) is -1.14. The van der Waals surface area contributed by atoms with Crippen LogP contribution in [0.2, 0.25) is 0 Å². The highest BCUT2D eigenvalue weighted by Crippen LogP contribution is 2.30. The van der Waals surface area contributed by atoms with Crippen LogP contribution in [-0.2, 0) is 16.3 Å². The number of benzene rings is 1. The highest BCUT2D eigenvalue weighted by atomic mass is 32.2. The molecule has 2 N–H and O–H groups in total. The van der Waals surface area contributed by atoms with Gasteiger partial charge in [0.2, 0.25) is 0 Å². The third-order valence-electron chi connectivity index (χ3n) is 2.20. The molecular weight excluding hydrogens is 254 g/mol. The van der Waals surface area contributed by atoms with Crippen molar-refractivity contribution in [1.29, 1.82) is 0 Å². The van der Waals surface area contributed by atoms with Gasteiger partial charge in [-0.2, -0.15) is 0 Å². The molecule has 7 heteroatoms. The first-order chi connectivity index (χ1) is 7.79. The minimum absolute atomic E-state index is 0.0558. The maximum Gasteiger partial charge on any atom is 0.186 e. The van der Waals surface area contributed by atoms with E-state index in [-0.39, 0.29) is 25.0 Å². The van der Waals surface area contributed by atoms with Crippen molar-refractivity contribution in [2.24, 2.45) is 0 Å². The number of hydrogen-bond acceptors (Lipinski definition) is 4. The lowest BCUT2D eigenvalue weighted by atomic mass is 10.1. The molecular formula is C10H12F2O4S. The van der Waals surface area contributed by atoms with E-state index in [1.54, 1.807) is 0 Å². The van der Waals surface area contributed by atoms with Crippen molar-refractivity contribution >= 4 is 9.84 Å². The molecule has 0 aliphatic carbocycles. The maximum absolute atomic E-state index is 13.5. The summed E-state index contributed by atoms with van der Waals surface area (Å²) in [5.41, 5.74) is -0.0681. The van der Waals surface area contributed by atoms with Gasteiger partial charge in [0.1, 0.15) is 10.7 Å². The molecule has 1 aromatic rings. The summed E-state index contributed by atoms with van der Waals surface area (Å²) in [5.74, 6) is -3.61. The van der Waals surface area contributed by atoms with Gasteiger partial charge in [-0.25, -0.2) is 17.2 Å². The third kappa shape index (κ3) is 2.92. The van der Waals surface area contributed by atoms with Gasteiger partial charge in [-0.1, -0.05) is 0 Å².